The van der Waals surface area contributed by atoms with Crippen LogP contribution in [0.25, 0.3) is 0 Å². The van der Waals surface area contributed by atoms with E-state index in [2.05, 4.69) is 0 Å². The van der Waals surface area contributed by atoms with Crippen molar-refractivity contribution in [1.29, 1.82) is 0 Å². The molecular formula is C26H50NO4. The summed E-state index contributed by atoms with van der Waals surface area (Å²) in [6.45, 7) is 10.7. The number of hydrogen-bond acceptors (Lipinski definition) is 4. The third kappa shape index (κ3) is 10.5. The maximum atomic E-state index is 12.4. The van der Waals surface area contributed by atoms with E-state index in [4.69, 9.17) is 14.2 Å². The van der Waals surface area contributed by atoms with Crippen LogP contribution in [0.1, 0.15) is 124 Å². The van der Waals surface area contributed by atoms with Crippen LogP contribution in [0.2, 0.25) is 0 Å². The van der Waals surface area contributed by atoms with E-state index in [1.165, 1.54) is 75.7 Å². The van der Waals surface area contributed by atoms with Crippen LogP contribution < -0.4 is 0 Å². The average Bonchev–Trinajstić information content (AvgIpc) is 2.72. The van der Waals surface area contributed by atoms with E-state index in [0.717, 1.165) is 45.5 Å². The molecule has 5 heteroatoms. The second kappa shape index (κ2) is 14.1. The Morgan fingerprint density at radius 2 is 1.23 bits per heavy atom. The molecule has 31 heavy (non-hydrogen) atoms. The molecule has 2 heterocycles. The Balaban J connectivity index is 1.34. The first-order valence-corrected chi connectivity index (χ1v) is 13.1. The highest BCUT2D eigenvalue weighted by Gasteiger charge is 2.46. The van der Waals surface area contributed by atoms with Crippen molar-refractivity contribution in [2.45, 2.75) is 147 Å². The highest BCUT2D eigenvalue weighted by Crippen LogP contribution is 2.38. The average molecular weight is 441 g/mol. The van der Waals surface area contributed by atoms with Gasteiger partial charge >= 0.3 is 0 Å². The Morgan fingerprint density at radius 3 is 1.71 bits per heavy atom. The summed E-state index contributed by atoms with van der Waals surface area (Å²) in [5.74, 6) is 0. The number of rotatable bonds is 15. The third-order valence-electron chi connectivity index (χ3n) is 6.89. The third-order valence-corrected chi connectivity index (χ3v) is 6.89. The van der Waals surface area contributed by atoms with Crippen molar-refractivity contribution >= 4 is 0 Å². The molecule has 0 amide bonds. The van der Waals surface area contributed by atoms with Gasteiger partial charge in [0.05, 0.1) is 6.10 Å². The largest absolute Gasteiger partial charge is 0.378 e. The Kier molecular flexibility index (Phi) is 12.3. The second-order valence-corrected chi connectivity index (χ2v) is 11.0. The fourth-order valence-electron chi connectivity index (χ4n) is 5.22. The van der Waals surface area contributed by atoms with Crippen LogP contribution in [0.3, 0.4) is 0 Å². The smallest absolute Gasteiger partial charge is 0.157 e. The fraction of sp³-hybridized carbons (Fsp3) is 1.00. The summed E-state index contributed by atoms with van der Waals surface area (Å²) >= 11 is 0. The van der Waals surface area contributed by atoms with Crippen LogP contribution in [-0.2, 0) is 19.4 Å². The van der Waals surface area contributed by atoms with E-state index in [1.54, 1.807) is 0 Å². The van der Waals surface area contributed by atoms with Gasteiger partial charge in [0.25, 0.3) is 0 Å². The zero-order valence-corrected chi connectivity index (χ0v) is 21.0. The first-order chi connectivity index (χ1) is 14.8. The van der Waals surface area contributed by atoms with E-state index in [-0.39, 0.29) is 23.5 Å². The van der Waals surface area contributed by atoms with Gasteiger partial charge in [0.2, 0.25) is 0 Å². The first-order valence-electron chi connectivity index (χ1n) is 13.1. The Morgan fingerprint density at radius 1 is 0.742 bits per heavy atom. The minimum absolute atomic E-state index is 0.0729. The quantitative estimate of drug-likeness (QED) is 0.262. The maximum Gasteiger partial charge on any atom is 0.157 e. The number of piperidine rings is 1. The lowest BCUT2D eigenvalue weighted by Crippen LogP contribution is -2.59. The predicted octanol–water partition coefficient (Wildman–Crippen LogP) is 6.81. The van der Waals surface area contributed by atoms with Gasteiger partial charge in [-0.2, -0.15) is 0 Å². The highest BCUT2D eigenvalue weighted by molar-refractivity contribution is 4.96. The second-order valence-electron chi connectivity index (χ2n) is 11.0. The number of hydroxylamine groups is 2. The zero-order chi connectivity index (χ0) is 22.6. The summed E-state index contributed by atoms with van der Waals surface area (Å²) in [5, 5.41) is 13.7. The van der Waals surface area contributed by atoms with Crippen LogP contribution in [0.4, 0.5) is 0 Å². The first kappa shape index (κ1) is 27.0. The van der Waals surface area contributed by atoms with E-state index < -0.39 is 0 Å². The van der Waals surface area contributed by atoms with Crippen LogP contribution in [0, 0.1) is 0 Å². The van der Waals surface area contributed by atoms with Gasteiger partial charge in [0.1, 0.15) is 0 Å². The van der Waals surface area contributed by atoms with Gasteiger partial charge in [0, 0.05) is 30.9 Å². The van der Waals surface area contributed by atoms with Crippen molar-refractivity contribution in [1.82, 2.24) is 5.06 Å². The van der Waals surface area contributed by atoms with Gasteiger partial charge in [-0.3, -0.25) is 0 Å². The minimum Gasteiger partial charge on any atom is -0.378 e. The summed E-state index contributed by atoms with van der Waals surface area (Å²) in [7, 11) is 0. The van der Waals surface area contributed by atoms with Gasteiger partial charge in [-0.15, -0.1) is 10.3 Å². The number of nitrogens with zero attached hydrogens (tertiary/aromatic N) is 1. The van der Waals surface area contributed by atoms with Crippen LogP contribution in [0.15, 0.2) is 0 Å². The van der Waals surface area contributed by atoms with E-state index >= 15 is 0 Å². The number of hydrogen-bond donors (Lipinski definition) is 0. The normalized spacial score (nSPS) is 24.5. The molecule has 0 aromatic heterocycles. The molecule has 0 saturated carbocycles. The molecule has 1 radical (unpaired) electrons. The summed E-state index contributed by atoms with van der Waals surface area (Å²) in [6, 6.07) is 0. The number of ether oxygens (including phenoxy) is 3. The van der Waals surface area contributed by atoms with Crippen molar-refractivity contribution in [3.05, 3.63) is 0 Å². The van der Waals surface area contributed by atoms with Crippen molar-refractivity contribution in [3.8, 4) is 0 Å². The standard InChI is InChI=1S/C26H50NO4/c1-25(2)21-23(22-26(3,4)27(25)28)29-18-14-11-9-7-5-6-8-10-12-15-19-30-24-17-13-16-20-31-24/h23-24H,5-22H2,1-4H3. The molecule has 2 aliphatic rings. The summed E-state index contributed by atoms with van der Waals surface area (Å²) in [5.41, 5.74) is -0.660. The van der Waals surface area contributed by atoms with Crippen LogP contribution in [0.5, 0.6) is 0 Å². The molecule has 0 aliphatic carbocycles. The van der Waals surface area contributed by atoms with E-state index in [1.807, 2.05) is 27.7 Å². The van der Waals surface area contributed by atoms with E-state index in [0.29, 0.717) is 0 Å². The van der Waals surface area contributed by atoms with Crippen LogP contribution in [-0.4, -0.2) is 48.4 Å². The summed E-state index contributed by atoms with van der Waals surface area (Å²) < 4.78 is 17.5. The Labute approximate surface area is 192 Å². The highest BCUT2D eigenvalue weighted by atomic mass is 16.7. The molecule has 0 aromatic carbocycles. The summed E-state index contributed by atoms with van der Waals surface area (Å²) in [6.07, 6.45) is 18.4. The van der Waals surface area contributed by atoms with Crippen molar-refractivity contribution in [3.63, 3.8) is 0 Å². The topological polar surface area (TPSA) is 50.8 Å². The molecule has 0 bridgehead atoms. The molecular weight excluding hydrogens is 390 g/mol. The monoisotopic (exact) mass is 440 g/mol. The molecule has 2 fully saturated rings. The van der Waals surface area contributed by atoms with Crippen molar-refractivity contribution in [2.24, 2.45) is 0 Å². The lowest BCUT2D eigenvalue weighted by molar-refractivity contribution is -0.301. The molecule has 2 saturated heterocycles. The van der Waals surface area contributed by atoms with Crippen molar-refractivity contribution in [2.75, 3.05) is 19.8 Å². The predicted molar refractivity (Wildman–Crippen MR) is 125 cm³/mol. The molecule has 5 nitrogen and oxygen atoms in total. The minimum atomic E-state index is -0.330. The van der Waals surface area contributed by atoms with Gasteiger partial charge in [-0.1, -0.05) is 51.4 Å². The van der Waals surface area contributed by atoms with Gasteiger partial charge in [-0.25, -0.2) is 0 Å². The molecule has 2 rings (SSSR count). The zero-order valence-electron chi connectivity index (χ0n) is 21.0. The molecule has 2 aliphatic heterocycles. The van der Waals surface area contributed by atoms with Gasteiger partial charge < -0.3 is 14.2 Å². The lowest BCUT2D eigenvalue weighted by Gasteiger charge is -2.49. The maximum absolute atomic E-state index is 12.4. The Hall–Kier alpha value is -0.200. The SMILES string of the molecule is CC1(C)CC(OCCCCCCCCCCCCOC2CCCCO2)CC(C)(C)N1[O]. The molecule has 1 atom stereocenters. The molecule has 0 N–H and O–H groups in total. The molecule has 183 valence electrons. The Bertz CT molecular complexity index is 444. The van der Waals surface area contributed by atoms with Crippen molar-refractivity contribution < 1.29 is 19.4 Å². The molecule has 0 aromatic rings. The van der Waals surface area contributed by atoms with Crippen LogP contribution >= 0.6 is 0 Å². The molecule has 0 spiro atoms. The molecule has 1 unspecified atom stereocenters. The lowest BCUT2D eigenvalue weighted by atomic mass is 9.80. The van der Waals surface area contributed by atoms with Gasteiger partial charge in [-0.05, 0) is 72.6 Å². The fourth-order valence-corrected chi connectivity index (χ4v) is 5.22. The van der Waals surface area contributed by atoms with E-state index in [9.17, 15) is 5.21 Å². The van der Waals surface area contributed by atoms with Gasteiger partial charge in [0.15, 0.2) is 6.29 Å². The summed E-state index contributed by atoms with van der Waals surface area (Å²) in [4.78, 5) is 0. The number of unbranched alkanes of at least 4 members (excludes halogenated alkanes) is 9.